The van der Waals surface area contributed by atoms with E-state index in [4.69, 9.17) is 5.41 Å². The normalized spacial score (nSPS) is 29.2. The van der Waals surface area contributed by atoms with Gasteiger partial charge in [-0.25, -0.2) is 0 Å². The largest absolute Gasteiger partial charge is 0.416 e. The first-order valence-electron chi connectivity index (χ1n) is 10.5. The van der Waals surface area contributed by atoms with Gasteiger partial charge in [0.25, 0.3) is 0 Å². The summed E-state index contributed by atoms with van der Waals surface area (Å²) in [6.07, 6.45) is -2.74. The summed E-state index contributed by atoms with van der Waals surface area (Å²) in [5, 5.41) is 24.8. The van der Waals surface area contributed by atoms with Crippen LogP contribution in [0, 0.1) is 5.41 Å². The maximum Gasteiger partial charge on any atom is 0.416 e. The van der Waals surface area contributed by atoms with E-state index in [1.54, 1.807) is 6.92 Å². The number of amides is 1. The summed E-state index contributed by atoms with van der Waals surface area (Å²) in [6, 6.07) is 10.3. The van der Waals surface area contributed by atoms with E-state index in [0.717, 1.165) is 28.9 Å². The van der Waals surface area contributed by atoms with Gasteiger partial charge in [0, 0.05) is 23.8 Å². The van der Waals surface area contributed by atoms with Gasteiger partial charge in [0.2, 0.25) is 5.91 Å². The molecule has 2 aromatic carbocycles. The minimum atomic E-state index is -4.38. The molecule has 0 radical (unpaired) electrons. The van der Waals surface area contributed by atoms with Crippen LogP contribution in [-0.2, 0) is 22.9 Å². The molecule has 5 rings (SSSR count). The lowest BCUT2D eigenvalue weighted by Crippen LogP contribution is -2.69. The number of carbonyl (C=O) groups is 1. The van der Waals surface area contributed by atoms with Gasteiger partial charge < -0.3 is 15.7 Å². The molecule has 32 heavy (non-hydrogen) atoms. The first kappa shape index (κ1) is 20.8. The average Bonchev–Trinajstić information content (AvgIpc) is 2.66. The highest BCUT2D eigenvalue weighted by molar-refractivity contribution is 6.00. The van der Waals surface area contributed by atoms with Crippen molar-refractivity contribution in [3.8, 4) is 0 Å². The fourth-order valence-corrected chi connectivity index (χ4v) is 5.12. The van der Waals surface area contributed by atoms with Gasteiger partial charge in [-0.05, 0) is 61.2 Å². The molecule has 6 nitrogen and oxygen atoms in total. The highest BCUT2D eigenvalue weighted by Crippen LogP contribution is 2.48. The zero-order valence-corrected chi connectivity index (χ0v) is 17.4. The number of nitrogens with zero attached hydrogens (tertiary/aromatic N) is 1. The van der Waals surface area contributed by atoms with Gasteiger partial charge in [-0.15, -0.1) is 0 Å². The van der Waals surface area contributed by atoms with Crippen LogP contribution in [0.4, 0.5) is 24.5 Å². The number of halogens is 3. The van der Waals surface area contributed by atoms with E-state index < -0.39 is 22.9 Å². The van der Waals surface area contributed by atoms with Crippen molar-refractivity contribution >= 4 is 23.2 Å². The summed E-state index contributed by atoms with van der Waals surface area (Å²) in [5.41, 5.74) is 1.05. The van der Waals surface area contributed by atoms with E-state index in [9.17, 15) is 23.1 Å². The highest BCUT2D eigenvalue weighted by atomic mass is 19.4. The molecular formula is C23H23F3N4O2. The Kier molecular flexibility index (Phi) is 4.37. The van der Waals surface area contributed by atoms with Crippen molar-refractivity contribution in [2.24, 2.45) is 0 Å². The lowest BCUT2D eigenvalue weighted by atomic mass is 9.66. The summed E-state index contributed by atoms with van der Waals surface area (Å²) in [6.45, 7) is 1.73. The van der Waals surface area contributed by atoms with Crippen LogP contribution in [0.25, 0.3) is 0 Å². The zero-order chi connectivity index (χ0) is 22.9. The van der Waals surface area contributed by atoms with E-state index in [2.05, 4.69) is 10.6 Å². The number of aliphatic hydroxyl groups is 1. The number of carbonyl (C=O) groups excluding carboxylic acids is 1. The number of anilines is 2. The Bertz CT molecular complexity index is 1090. The van der Waals surface area contributed by atoms with E-state index in [1.807, 2.05) is 18.2 Å². The third-order valence-electron chi connectivity index (χ3n) is 6.70. The molecule has 1 saturated heterocycles. The van der Waals surface area contributed by atoms with Gasteiger partial charge in [0.05, 0.1) is 23.1 Å². The van der Waals surface area contributed by atoms with Crippen molar-refractivity contribution in [1.29, 1.82) is 5.41 Å². The Morgan fingerprint density at radius 3 is 2.44 bits per heavy atom. The van der Waals surface area contributed by atoms with Gasteiger partial charge in [0.1, 0.15) is 0 Å². The fraction of sp³-hybridized carbons (Fsp3) is 0.391. The Balaban J connectivity index is 1.33. The molecule has 1 amide bonds. The van der Waals surface area contributed by atoms with Crippen LogP contribution in [-0.4, -0.2) is 33.5 Å². The Morgan fingerprint density at radius 1 is 1.16 bits per heavy atom. The molecule has 1 heterocycles. The number of hydrogen-bond donors (Lipinski definition) is 4. The van der Waals surface area contributed by atoms with Crippen molar-refractivity contribution in [3.05, 3.63) is 59.2 Å². The molecular weight excluding hydrogens is 421 g/mol. The van der Waals surface area contributed by atoms with Crippen molar-refractivity contribution < 1.29 is 23.1 Å². The molecule has 1 aliphatic heterocycles. The van der Waals surface area contributed by atoms with Crippen LogP contribution in [0.1, 0.15) is 42.9 Å². The van der Waals surface area contributed by atoms with E-state index in [1.165, 1.54) is 17.0 Å². The van der Waals surface area contributed by atoms with Crippen molar-refractivity contribution in [3.63, 3.8) is 0 Å². The van der Waals surface area contributed by atoms with Crippen LogP contribution in [0.3, 0.4) is 0 Å². The molecule has 168 valence electrons. The SMILES string of the molecule is C[C@]1(O)C[C@@H](N2C(=N)N[C@]3(CC2=O)Cc2c(Nc4ccc(C(F)(F)F)cc4)cccc23)C1. The average molecular weight is 444 g/mol. The molecule has 3 aliphatic rings. The number of rotatable bonds is 3. The van der Waals surface area contributed by atoms with Crippen LogP contribution in [0.5, 0.6) is 0 Å². The topological polar surface area (TPSA) is 88.5 Å². The van der Waals surface area contributed by atoms with Gasteiger partial charge in [-0.1, -0.05) is 12.1 Å². The van der Waals surface area contributed by atoms with Crippen LogP contribution >= 0.6 is 0 Å². The molecule has 0 unspecified atom stereocenters. The summed E-state index contributed by atoms with van der Waals surface area (Å²) >= 11 is 0. The molecule has 2 fully saturated rings. The molecule has 0 bridgehead atoms. The van der Waals surface area contributed by atoms with Crippen LogP contribution < -0.4 is 10.6 Å². The van der Waals surface area contributed by atoms with E-state index in [-0.39, 0.29) is 24.3 Å². The fourth-order valence-electron chi connectivity index (χ4n) is 5.12. The quantitative estimate of drug-likeness (QED) is 0.579. The predicted octanol–water partition coefficient (Wildman–Crippen LogP) is 3.87. The second-order valence-corrected chi connectivity index (χ2v) is 9.26. The number of guanidine groups is 1. The van der Waals surface area contributed by atoms with E-state index >= 15 is 0 Å². The first-order valence-corrected chi connectivity index (χ1v) is 10.5. The Hall–Kier alpha value is -3.07. The van der Waals surface area contributed by atoms with Crippen molar-refractivity contribution in [2.75, 3.05) is 5.32 Å². The number of fused-ring (bicyclic) bond motifs is 2. The number of benzene rings is 2. The number of hydrogen-bond acceptors (Lipinski definition) is 4. The summed E-state index contributed by atoms with van der Waals surface area (Å²) < 4.78 is 38.4. The number of nitrogens with one attached hydrogen (secondary N) is 3. The minimum absolute atomic E-state index is 0.0495. The van der Waals surface area contributed by atoms with E-state index in [0.29, 0.717) is 24.9 Å². The van der Waals surface area contributed by atoms with Crippen LogP contribution in [0.15, 0.2) is 42.5 Å². The zero-order valence-electron chi connectivity index (χ0n) is 17.4. The lowest BCUT2D eigenvalue weighted by molar-refractivity contribution is -0.140. The smallest absolute Gasteiger partial charge is 0.390 e. The lowest BCUT2D eigenvalue weighted by Gasteiger charge is -2.54. The molecule has 1 spiro atoms. The number of alkyl halides is 3. The standard InChI is InChI=1S/C23H23F3N4O2/c1-21(32)9-15(10-21)30-19(31)12-22(29-20(30)27)11-16-17(22)3-2-4-18(16)28-14-7-5-13(6-8-14)23(24,25)26/h2-8,15,28,32H,9-12H2,1H3,(H2,27,29)/t15-,21+,22-/m0/s1. The Labute approximate surface area is 182 Å². The van der Waals surface area contributed by atoms with Crippen LogP contribution in [0.2, 0.25) is 0 Å². The maximum absolute atomic E-state index is 12.9. The molecule has 2 aliphatic carbocycles. The van der Waals surface area contributed by atoms with Gasteiger partial charge in [-0.2, -0.15) is 13.2 Å². The van der Waals surface area contributed by atoms with Crippen molar-refractivity contribution in [2.45, 2.75) is 56.0 Å². The molecule has 9 heteroatoms. The van der Waals surface area contributed by atoms with Gasteiger partial charge in [0.15, 0.2) is 5.96 Å². The van der Waals surface area contributed by atoms with Gasteiger partial charge in [-0.3, -0.25) is 15.1 Å². The van der Waals surface area contributed by atoms with Crippen molar-refractivity contribution in [1.82, 2.24) is 10.2 Å². The summed E-state index contributed by atoms with van der Waals surface area (Å²) in [4.78, 5) is 14.4. The highest BCUT2D eigenvalue weighted by Gasteiger charge is 2.54. The summed E-state index contributed by atoms with van der Waals surface area (Å²) in [5.74, 6) is -0.0884. The minimum Gasteiger partial charge on any atom is -0.390 e. The molecule has 2 aromatic rings. The predicted molar refractivity (Wildman–Crippen MR) is 113 cm³/mol. The van der Waals surface area contributed by atoms with Gasteiger partial charge >= 0.3 is 6.18 Å². The second-order valence-electron chi connectivity index (χ2n) is 9.26. The summed E-state index contributed by atoms with van der Waals surface area (Å²) in [7, 11) is 0. The second kappa shape index (κ2) is 6.71. The molecule has 1 atom stereocenters. The third kappa shape index (κ3) is 3.31. The molecule has 0 aromatic heterocycles. The monoisotopic (exact) mass is 444 g/mol. The third-order valence-corrected chi connectivity index (χ3v) is 6.70. The first-order chi connectivity index (χ1) is 15.0. The molecule has 4 N–H and O–H groups in total. The molecule has 1 saturated carbocycles. The maximum atomic E-state index is 12.9. The Morgan fingerprint density at radius 2 is 1.84 bits per heavy atom.